The molecule has 1 heterocycles. The molecule has 2 nitrogen and oxygen atoms in total. The van der Waals surface area contributed by atoms with Crippen molar-refractivity contribution in [3.8, 4) is 0 Å². The van der Waals surface area contributed by atoms with E-state index in [1.54, 1.807) is 0 Å². The fourth-order valence-corrected chi connectivity index (χ4v) is 1.78. The van der Waals surface area contributed by atoms with E-state index < -0.39 is 11.6 Å². The molecule has 0 radical (unpaired) electrons. The van der Waals surface area contributed by atoms with Gasteiger partial charge in [0.25, 0.3) is 0 Å². The molecule has 1 aromatic carbocycles. The Kier molecular flexibility index (Phi) is 1.80. The lowest BCUT2D eigenvalue weighted by atomic mass is 10.3. The molecule has 6 heteroatoms. The van der Waals surface area contributed by atoms with Gasteiger partial charge >= 0.3 is 0 Å². The standard InChI is InChI=1S/C6HBrF2N2S/c7-2-1-3(8)5-6(4(2)9)11-12-10-5/h1H. The number of benzene rings is 1. The van der Waals surface area contributed by atoms with Gasteiger partial charge in [0.2, 0.25) is 0 Å². The van der Waals surface area contributed by atoms with E-state index in [-0.39, 0.29) is 15.5 Å². The molecule has 0 aliphatic carbocycles. The minimum absolute atomic E-state index is 0.0132. The topological polar surface area (TPSA) is 25.8 Å². The van der Waals surface area contributed by atoms with Crippen LogP contribution in [-0.2, 0) is 0 Å². The molecule has 2 aromatic rings. The van der Waals surface area contributed by atoms with Crippen LogP contribution < -0.4 is 0 Å². The third kappa shape index (κ3) is 1.02. The van der Waals surface area contributed by atoms with Gasteiger partial charge in [-0.25, -0.2) is 8.78 Å². The van der Waals surface area contributed by atoms with Crippen LogP contribution in [0.15, 0.2) is 10.5 Å². The van der Waals surface area contributed by atoms with Crippen molar-refractivity contribution >= 4 is 38.7 Å². The van der Waals surface area contributed by atoms with Crippen molar-refractivity contribution in [3.63, 3.8) is 0 Å². The maximum absolute atomic E-state index is 13.1. The first kappa shape index (κ1) is 8.00. The Hall–Kier alpha value is -0.620. The third-order valence-electron chi connectivity index (χ3n) is 1.39. The highest BCUT2D eigenvalue weighted by atomic mass is 79.9. The van der Waals surface area contributed by atoms with Gasteiger partial charge in [-0.05, 0) is 22.0 Å². The molecular formula is C6HBrF2N2S. The number of hydrogen-bond acceptors (Lipinski definition) is 3. The highest BCUT2D eigenvalue weighted by Gasteiger charge is 2.13. The van der Waals surface area contributed by atoms with Gasteiger partial charge in [0.05, 0.1) is 16.2 Å². The lowest BCUT2D eigenvalue weighted by molar-refractivity contribution is 0.609. The first-order chi connectivity index (χ1) is 5.70. The molecule has 0 aliphatic heterocycles. The van der Waals surface area contributed by atoms with Crippen LogP contribution in [0.3, 0.4) is 0 Å². The molecule has 12 heavy (non-hydrogen) atoms. The number of fused-ring (bicyclic) bond motifs is 1. The molecule has 0 amide bonds. The summed E-state index contributed by atoms with van der Waals surface area (Å²) in [6.45, 7) is 0. The van der Waals surface area contributed by atoms with Gasteiger partial charge in [0.1, 0.15) is 11.0 Å². The number of hydrogen-bond donors (Lipinski definition) is 0. The summed E-state index contributed by atoms with van der Waals surface area (Å²) in [6, 6.07) is 1.04. The van der Waals surface area contributed by atoms with Gasteiger partial charge in [-0.15, -0.1) is 0 Å². The van der Waals surface area contributed by atoms with E-state index in [2.05, 4.69) is 24.7 Å². The lowest BCUT2D eigenvalue weighted by Gasteiger charge is -1.94. The maximum atomic E-state index is 13.1. The predicted molar refractivity (Wildman–Crippen MR) is 45.0 cm³/mol. The second kappa shape index (κ2) is 2.70. The number of rotatable bonds is 0. The molecule has 1 aromatic heterocycles. The van der Waals surface area contributed by atoms with Crippen LogP contribution in [0.5, 0.6) is 0 Å². The highest BCUT2D eigenvalue weighted by molar-refractivity contribution is 9.10. The minimum Gasteiger partial charge on any atom is -0.204 e. The van der Waals surface area contributed by atoms with Gasteiger partial charge in [0, 0.05) is 0 Å². The fraction of sp³-hybridized carbons (Fsp3) is 0. The first-order valence-corrected chi connectivity index (χ1v) is 4.48. The summed E-state index contributed by atoms with van der Waals surface area (Å²) in [5, 5.41) is 0. The van der Waals surface area contributed by atoms with Gasteiger partial charge in [0.15, 0.2) is 11.6 Å². The van der Waals surface area contributed by atoms with Crippen LogP contribution in [0, 0.1) is 11.6 Å². The van der Waals surface area contributed by atoms with Crippen LogP contribution in [0.25, 0.3) is 11.0 Å². The van der Waals surface area contributed by atoms with Crippen LogP contribution >= 0.6 is 27.7 Å². The summed E-state index contributed by atoms with van der Waals surface area (Å²) in [4.78, 5) is 0. The van der Waals surface area contributed by atoms with Crippen molar-refractivity contribution in [1.82, 2.24) is 8.75 Å². The summed E-state index contributed by atoms with van der Waals surface area (Å²) in [6.07, 6.45) is 0. The average Bonchev–Trinajstić information content (AvgIpc) is 2.48. The average molecular weight is 251 g/mol. The van der Waals surface area contributed by atoms with Crippen molar-refractivity contribution < 1.29 is 8.78 Å². The molecule has 0 spiro atoms. The van der Waals surface area contributed by atoms with Crippen molar-refractivity contribution in [1.29, 1.82) is 0 Å². The lowest BCUT2D eigenvalue weighted by Crippen LogP contribution is -1.85. The maximum Gasteiger partial charge on any atom is 0.166 e. The molecule has 0 aliphatic rings. The van der Waals surface area contributed by atoms with E-state index in [0.29, 0.717) is 0 Å². The molecule has 0 bridgehead atoms. The second-order valence-corrected chi connectivity index (χ2v) is 3.50. The van der Waals surface area contributed by atoms with Gasteiger partial charge < -0.3 is 0 Å². The van der Waals surface area contributed by atoms with Crippen molar-refractivity contribution in [3.05, 3.63) is 22.2 Å². The zero-order valence-electron chi connectivity index (χ0n) is 5.51. The predicted octanol–water partition coefficient (Wildman–Crippen LogP) is 2.73. The highest BCUT2D eigenvalue weighted by Crippen LogP contribution is 2.25. The molecule has 0 fully saturated rings. The second-order valence-electron chi connectivity index (χ2n) is 2.12. The van der Waals surface area contributed by atoms with Crippen molar-refractivity contribution in [2.24, 2.45) is 0 Å². The Bertz CT molecular complexity index is 442. The quantitative estimate of drug-likeness (QED) is 0.673. The molecule has 0 unspecified atom stereocenters. The molecule has 62 valence electrons. The molecule has 0 saturated heterocycles. The largest absolute Gasteiger partial charge is 0.204 e. The number of nitrogens with zero attached hydrogens (tertiary/aromatic N) is 2. The molecular weight excluding hydrogens is 250 g/mol. The summed E-state index contributed by atoms with van der Waals surface area (Å²) in [5.41, 5.74) is -0.0347. The van der Waals surface area contributed by atoms with Gasteiger partial charge in [-0.3, -0.25) is 0 Å². The van der Waals surface area contributed by atoms with E-state index in [4.69, 9.17) is 0 Å². The van der Waals surface area contributed by atoms with Crippen LogP contribution in [0.4, 0.5) is 8.78 Å². The summed E-state index contributed by atoms with van der Waals surface area (Å²) in [5.74, 6) is -1.13. The van der Waals surface area contributed by atoms with Crippen molar-refractivity contribution in [2.75, 3.05) is 0 Å². The monoisotopic (exact) mass is 250 g/mol. The van der Waals surface area contributed by atoms with E-state index in [0.717, 1.165) is 17.8 Å². The first-order valence-electron chi connectivity index (χ1n) is 2.96. The molecule has 0 N–H and O–H groups in total. The summed E-state index contributed by atoms with van der Waals surface area (Å²) >= 11 is 3.66. The minimum atomic E-state index is -0.569. The zero-order valence-corrected chi connectivity index (χ0v) is 7.92. The van der Waals surface area contributed by atoms with E-state index in [9.17, 15) is 8.78 Å². The van der Waals surface area contributed by atoms with Crippen LogP contribution in [-0.4, -0.2) is 8.75 Å². The summed E-state index contributed by atoms with van der Waals surface area (Å²) in [7, 11) is 0. The van der Waals surface area contributed by atoms with E-state index >= 15 is 0 Å². The Morgan fingerprint density at radius 2 is 1.92 bits per heavy atom. The van der Waals surface area contributed by atoms with Gasteiger partial charge in [-0.2, -0.15) is 8.75 Å². The van der Waals surface area contributed by atoms with Gasteiger partial charge in [-0.1, -0.05) is 0 Å². The molecule has 2 rings (SSSR count). The SMILES string of the molecule is Fc1cc(Br)c(F)c2nsnc12. The Balaban J connectivity index is 2.97. The normalized spacial score (nSPS) is 10.9. The van der Waals surface area contributed by atoms with Crippen LogP contribution in [0.2, 0.25) is 0 Å². The number of aromatic nitrogens is 2. The van der Waals surface area contributed by atoms with E-state index in [1.165, 1.54) is 0 Å². The Labute approximate surface area is 78.7 Å². The third-order valence-corrected chi connectivity index (χ3v) is 2.49. The van der Waals surface area contributed by atoms with E-state index in [1.807, 2.05) is 0 Å². The molecule has 0 atom stereocenters. The van der Waals surface area contributed by atoms with Crippen molar-refractivity contribution in [2.45, 2.75) is 0 Å². The Morgan fingerprint density at radius 3 is 2.67 bits per heavy atom. The smallest absolute Gasteiger partial charge is 0.166 e. The number of halogens is 3. The zero-order chi connectivity index (χ0) is 8.72. The summed E-state index contributed by atoms with van der Waals surface area (Å²) < 4.78 is 33.4. The molecule has 0 saturated carbocycles. The fourth-order valence-electron chi connectivity index (χ4n) is 0.845. The van der Waals surface area contributed by atoms with Crippen LogP contribution in [0.1, 0.15) is 0 Å². The Morgan fingerprint density at radius 1 is 1.25 bits per heavy atom.